The van der Waals surface area contributed by atoms with E-state index in [1.165, 1.54) is 17.2 Å². The zero-order valence-corrected chi connectivity index (χ0v) is 19.8. The van der Waals surface area contributed by atoms with Gasteiger partial charge >= 0.3 is 18.2 Å². The predicted molar refractivity (Wildman–Crippen MR) is 127 cm³/mol. The van der Waals surface area contributed by atoms with E-state index in [-0.39, 0.29) is 30.9 Å². The number of fused-ring (bicyclic) bond motifs is 1. The summed E-state index contributed by atoms with van der Waals surface area (Å²) in [6.07, 6.45) is 0.135. The summed E-state index contributed by atoms with van der Waals surface area (Å²) in [6.45, 7) is 2.92. The normalized spacial score (nSPS) is 14.9. The molecule has 0 bridgehead atoms. The maximum absolute atomic E-state index is 14.0. The van der Waals surface area contributed by atoms with Gasteiger partial charge in [-0.15, -0.1) is 0 Å². The molecule has 4 aromatic rings. The number of carboxylic acid groups (broad SMARTS) is 1. The minimum atomic E-state index is -4.54. The Morgan fingerprint density at radius 3 is 2.51 bits per heavy atom. The van der Waals surface area contributed by atoms with E-state index < -0.39 is 23.7 Å². The van der Waals surface area contributed by atoms with Crippen LogP contribution in [0.25, 0.3) is 16.9 Å². The predicted octanol–water partition coefficient (Wildman–Crippen LogP) is 4.01. The molecule has 1 N–H and O–H groups in total. The Hall–Kier alpha value is -4.19. The van der Waals surface area contributed by atoms with Crippen LogP contribution in [-0.2, 0) is 12.7 Å². The number of carbonyl (C=O) groups is 2. The Kier molecular flexibility index (Phi) is 6.20. The first-order valence-corrected chi connectivity index (χ1v) is 11.6. The standard InChI is InChI=1S/C25H23F3N6O3/c1-16-14-34(30-22(16)23(35)36)24(37)32-10-8-31(9-11-32)15-18-6-5-17(12-19(18)25(26,27)28)20-13-29-21-4-2-3-7-33(20)21/h2-7,12-14H,8-11,15H2,1H3,(H,35,36). The van der Waals surface area contributed by atoms with Crippen LogP contribution in [0.15, 0.2) is 55.0 Å². The number of carbonyl (C=O) groups excluding carboxylic acids is 1. The highest BCUT2D eigenvalue weighted by Crippen LogP contribution is 2.36. The van der Waals surface area contributed by atoms with Crippen molar-refractivity contribution in [3.63, 3.8) is 0 Å². The number of piperazine rings is 1. The number of hydrogen-bond acceptors (Lipinski definition) is 5. The number of aromatic nitrogens is 4. The van der Waals surface area contributed by atoms with E-state index in [1.54, 1.807) is 41.9 Å². The fourth-order valence-corrected chi connectivity index (χ4v) is 4.54. The van der Waals surface area contributed by atoms with Crippen LogP contribution in [0.2, 0.25) is 0 Å². The monoisotopic (exact) mass is 512 g/mol. The minimum absolute atomic E-state index is 0.0777. The van der Waals surface area contributed by atoms with Crippen LogP contribution in [-0.4, -0.2) is 72.3 Å². The van der Waals surface area contributed by atoms with Gasteiger partial charge in [0.2, 0.25) is 0 Å². The van der Waals surface area contributed by atoms with Gasteiger partial charge in [0.1, 0.15) is 5.65 Å². The number of halogens is 3. The molecule has 4 heterocycles. The third kappa shape index (κ3) is 4.79. The van der Waals surface area contributed by atoms with Crippen LogP contribution >= 0.6 is 0 Å². The van der Waals surface area contributed by atoms with E-state index >= 15 is 0 Å². The molecule has 5 rings (SSSR count). The number of imidazole rings is 1. The molecule has 12 heteroatoms. The lowest BCUT2D eigenvalue weighted by Crippen LogP contribution is -2.49. The van der Waals surface area contributed by atoms with Gasteiger partial charge in [0.15, 0.2) is 5.69 Å². The van der Waals surface area contributed by atoms with Gasteiger partial charge in [0.05, 0.1) is 17.5 Å². The van der Waals surface area contributed by atoms with Crippen LogP contribution in [0.3, 0.4) is 0 Å². The fourth-order valence-electron chi connectivity index (χ4n) is 4.54. The van der Waals surface area contributed by atoms with Crippen molar-refractivity contribution in [3.8, 4) is 11.3 Å². The van der Waals surface area contributed by atoms with Gasteiger partial charge < -0.3 is 10.0 Å². The highest BCUT2D eigenvalue weighted by atomic mass is 19.4. The zero-order chi connectivity index (χ0) is 26.3. The number of amides is 1. The van der Waals surface area contributed by atoms with Gasteiger partial charge in [-0.2, -0.15) is 23.0 Å². The molecule has 0 aliphatic carbocycles. The summed E-state index contributed by atoms with van der Waals surface area (Å²) in [7, 11) is 0. The second-order valence-electron chi connectivity index (χ2n) is 8.90. The van der Waals surface area contributed by atoms with Crippen molar-refractivity contribution >= 4 is 17.6 Å². The van der Waals surface area contributed by atoms with Crippen molar-refractivity contribution in [3.05, 3.63) is 77.4 Å². The van der Waals surface area contributed by atoms with Crippen molar-refractivity contribution in [2.24, 2.45) is 0 Å². The van der Waals surface area contributed by atoms with E-state index in [0.29, 0.717) is 35.6 Å². The van der Waals surface area contributed by atoms with Crippen LogP contribution < -0.4 is 0 Å². The summed E-state index contributed by atoms with van der Waals surface area (Å²) >= 11 is 0. The fraction of sp³-hybridized carbons (Fsp3) is 0.280. The largest absolute Gasteiger partial charge is 0.476 e. The van der Waals surface area contributed by atoms with Crippen molar-refractivity contribution in [1.82, 2.24) is 29.0 Å². The molecule has 37 heavy (non-hydrogen) atoms. The van der Waals surface area contributed by atoms with E-state index in [2.05, 4.69) is 10.1 Å². The van der Waals surface area contributed by atoms with Gasteiger partial charge in [-0.1, -0.05) is 18.2 Å². The topological polar surface area (TPSA) is 96.0 Å². The average Bonchev–Trinajstić information content (AvgIpc) is 3.47. The number of aryl methyl sites for hydroxylation is 1. The van der Waals surface area contributed by atoms with Crippen LogP contribution in [0.4, 0.5) is 18.0 Å². The van der Waals surface area contributed by atoms with Crippen LogP contribution in [0.1, 0.15) is 27.2 Å². The third-order valence-corrected chi connectivity index (χ3v) is 6.46. The number of nitrogens with zero attached hydrogens (tertiary/aromatic N) is 6. The van der Waals surface area contributed by atoms with Gasteiger partial charge in [-0.05, 0) is 30.7 Å². The first kappa shape index (κ1) is 24.5. The van der Waals surface area contributed by atoms with E-state index in [0.717, 1.165) is 10.7 Å². The molecule has 0 atom stereocenters. The highest BCUT2D eigenvalue weighted by molar-refractivity contribution is 5.88. The van der Waals surface area contributed by atoms with Crippen molar-refractivity contribution in [2.45, 2.75) is 19.6 Å². The van der Waals surface area contributed by atoms with Gasteiger partial charge in [0.25, 0.3) is 0 Å². The first-order chi connectivity index (χ1) is 17.6. The number of hydrogen-bond donors (Lipinski definition) is 1. The van der Waals surface area contributed by atoms with Crippen molar-refractivity contribution < 1.29 is 27.9 Å². The summed E-state index contributed by atoms with van der Waals surface area (Å²) in [5.74, 6) is -1.22. The van der Waals surface area contributed by atoms with E-state index in [4.69, 9.17) is 5.11 Å². The molecule has 1 aromatic carbocycles. The van der Waals surface area contributed by atoms with Gasteiger partial charge in [0, 0.05) is 56.2 Å². The van der Waals surface area contributed by atoms with E-state index in [1.807, 2.05) is 11.0 Å². The molecular weight excluding hydrogens is 489 g/mol. The third-order valence-electron chi connectivity index (χ3n) is 6.46. The Balaban J connectivity index is 1.31. The SMILES string of the molecule is Cc1cn(C(=O)N2CCN(Cc3ccc(-c4cnc5ccccn45)cc3C(F)(F)F)CC2)nc1C(=O)O. The van der Waals surface area contributed by atoms with Crippen molar-refractivity contribution in [1.29, 1.82) is 0 Å². The lowest BCUT2D eigenvalue weighted by atomic mass is 10.0. The summed E-state index contributed by atoms with van der Waals surface area (Å²) in [4.78, 5) is 31.6. The first-order valence-electron chi connectivity index (χ1n) is 11.6. The number of alkyl halides is 3. The Morgan fingerprint density at radius 2 is 1.84 bits per heavy atom. The average molecular weight is 512 g/mol. The molecule has 0 saturated carbocycles. The second kappa shape index (κ2) is 9.36. The lowest BCUT2D eigenvalue weighted by molar-refractivity contribution is -0.138. The molecular formula is C25H23F3N6O3. The molecule has 1 amide bonds. The summed E-state index contributed by atoms with van der Waals surface area (Å²) < 4.78 is 44.9. The Morgan fingerprint density at radius 1 is 1.08 bits per heavy atom. The number of aromatic carboxylic acids is 1. The lowest BCUT2D eigenvalue weighted by Gasteiger charge is -2.34. The maximum Gasteiger partial charge on any atom is 0.416 e. The van der Waals surface area contributed by atoms with Crippen molar-refractivity contribution in [2.75, 3.05) is 26.2 Å². The van der Waals surface area contributed by atoms with Gasteiger partial charge in [-0.25, -0.2) is 14.6 Å². The highest BCUT2D eigenvalue weighted by Gasteiger charge is 2.35. The molecule has 0 spiro atoms. The molecule has 1 saturated heterocycles. The quantitative estimate of drug-likeness (QED) is 0.444. The van der Waals surface area contributed by atoms with Crippen LogP contribution in [0.5, 0.6) is 0 Å². The number of carboxylic acids is 1. The molecule has 1 fully saturated rings. The molecule has 192 valence electrons. The Bertz CT molecular complexity index is 1480. The Labute approximate surface area is 209 Å². The minimum Gasteiger partial charge on any atom is -0.476 e. The molecule has 1 aliphatic heterocycles. The summed E-state index contributed by atoms with van der Waals surface area (Å²) in [5, 5.41) is 13.0. The molecule has 3 aromatic heterocycles. The molecule has 9 nitrogen and oxygen atoms in total. The zero-order valence-electron chi connectivity index (χ0n) is 19.8. The number of pyridine rings is 1. The molecule has 1 aliphatic rings. The smallest absolute Gasteiger partial charge is 0.416 e. The molecule has 0 radical (unpaired) electrons. The second-order valence-corrected chi connectivity index (χ2v) is 8.90. The van der Waals surface area contributed by atoms with Gasteiger partial charge in [-0.3, -0.25) is 9.30 Å². The number of rotatable bonds is 4. The van der Waals surface area contributed by atoms with Crippen LogP contribution in [0, 0.1) is 6.92 Å². The molecule has 0 unspecified atom stereocenters. The number of benzene rings is 1. The van der Waals surface area contributed by atoms with E-state index in [9.17, 15) is 22.8 Å². The summed E-state index contributed by atoms with van der Waals surface area (Å²) in [5.41, 5.74) is 1.25. The maximum atomic E-state index is 14.0. The summed E-state index contributed by atoms with van der Waals surface area (Å²) in [6, 6.07) is 9.24.